The van der Waals surface area contributed by atoms with Crippen molar-refractivity contribution in [2.75, 3.05) is 62.6 Å². The second-order valence-corrected chi connectivity index (χ2v) is 8.54. The molecule has 1 aromatic carbocycles. The summed E-state index contributed by atoms with van der Waals surface area (Å²) in [6.07, 6.45) is 1.85. The van der Waals surface area contributed by atoms with Gasteiger partial charge in [-0.25, -0.2) is 4.98 Å². The number of pyridine rings is 1. The van der Waals surface area contributed by atoms with Crippen LogP contribution >= 0.6 is 0 Å². The third-order valence-electron chi connectivity index (χ3n) is 6.60. The van der Waals surface area contributed by atoms with Crippen LogP contribution in [0.25, 0.3) is 0 Å². The van der Waals surface area contributed by atoms with Gasteiger partial charge in [-0.05, 0) is 18.2 Å². The molecule has 0 spiro atoms. The number of piperazine rings is 1. The molecule has 0 bridgehead atoms. The first-order valence-electron chi connectivity index (χ1n) is 11.7. The van der Waals surface area contributed by atoms with Crippen molar-refractivity contribution < 1.29 is 19.0 Å². The van der Waals surface area contributed by atoms with Crippen LogP contribution in [0.15, 0.2) is 41.3 Å². The molecule has 2 aromatic heterocycles. The van der Waals surface area contributed by atoms with Crippen LogP contribution in [0.3, 0.4) is 0 Å². The van der Waals surface area contributed by atoms with Gasteiger partial charge in [-0.1, -0.05) is 12.1 Å². The molecule has 2 aliphatic heterocycles. The van der Waals surface area contributed by atoms with Gasteiger partial charge in [0.1, 0.15) is 11.6 Å². The van der Waals surface area contributed by atoms with E-state index >= 15 is 0 Å². The average Bonchev–Trinajstić information content (AvgIpc) is 2.91. The maximum absolute atomic E-state index is 13.4. The molecule has 11 heteroatoms. The minimum Gasteiger partial charge on any atom is -0.493 e. The van der Waals surface area contributed by atoms with Gasteiger partial charge in [0.15, 0.2) is 11.5 Å². The minimum atomic E-state index is -0.560. The smallest absolute Gasteiger partial charge is 0.258 e. The van der Waals surface area contributed by atoms with Crippen LogP contribution in [0.1, 0.15) is 23.5 Å². The number of hydrogen-bond donors (Lipinski definition) is 2. The van der Waals surface area contributed by atoms with E-state index in [-0.39, 0.29) is 23.7 Å². The summed E-state index contributed by atoms with van der Waals surface area (Å²) >= 11 is 0. The summed E-state index contributed by atoms with van der Waals surface area (Å²) in [4.78, 5) is 42.3. The van der Waals surface area contributed by atoms with Crippen molar-refractivity contribution in [2.45, 2.75) is 12.3 Å². The number of ether oxygens (including phenoxy) is 3. The Morgan fingerprint density at radius 2 is 1.67 bits per heavy atom. The Balaban J connectivity index is 1.47. The average molecular weight is 493 g/mol. The number of H-pyrrole nitrogens is 1. The highest BCUT2D eigenvalue weighted by Gasteiger charge is 2.35. The van der Waals surface area contributed by atoms with Gasteiger partial charge in [0.05, 0.1) is 26.9 Å². The molecule has 1 fully saturated rings. The van der Waals surface area contributed by atoms with E-state index in [1.54, 1.807) is 18.3 Å². The molecule has 0 saturated carbocycles. The number of carbonyl (C=O) groups excluding carboxylic acids is 1. The number of amides is 1. The maximum Gasteiger partial charge on any atom is 0.258 e. The van der Waals surface area contributed by atoms with Crippen molar-refractivity contribution in [3.8, 4) is 17.2 Å². The minimum absolute atomic E-state index is 0.0751. The zero-order chi connectivity index (χ0) is 25.2. The van der Waals surface area contributed by atoms with E-state index < -0.39 is 5.92 Å². The lowest BCUT2D eigenvalue weighted by Gasteiger charge is -2.36. The molecule has 1 saturated heterocycles. The van der Waals surface area contributed by atoms with Crippen molar-refractivity contribution >= 4 is 23.5 Å². The number of aromatic amines is 1. The van der Waals surface area contributed by atoms with E-state index in [2.05, 4.69) is 25.2 Å². The third-order valence-corrected chi connectivity index (χ3v) is 6.60. The zero-order valence-electron chi connectivity index (χ0n) is 20.4. The number of hydrogen-bond acceptors (Lipinski definition) is 9. The quantitative estimate of drug-likeness (QED) is 0.532. The van der Waals surface area contributed by atoms with Crippen LogP contribution in [-0.4, -0.2) is 68.4 Å². The van der Waals surface area contributed by atoms with E-state index in [0.717, 1.165) is 18.9 Å². The van der Waals surface area contributed by atoms with Crippen LogP contribution in [0, 0.1) is 0 Å². The van der Waals surface area contributed by atoms with Crippen LogP contribution in [-0.2, 0) is 4.79 Å². The Bertz CT molecular complexity index is 1320. The SMILES string of the molecule is COc1ccc(C2CC(=O)Nc3nc(N4CCN(c5ccccn5)CC4)[nH]c(=O)c32)c(OC)c1OC. The lowest BCUT2D eigenvalue weighted by atomic mass is 9.86. The summed E-state index contributed by atoms with van der Waals surface area (Å²) in [5.41, 5.74) is 0.732. The lowest BCUT2D eigenvalue weighted by molar-refractivity contribution is -0.116. The fraction of sp³-hybridized carbons (Fsp3) is 0.360. The van der Waals surface area contributed by atoms with Gasteiger partial charge in [0.2, 0.25) is 17.6 Å². The predicted octanol–water partition coefficient (Wildman–Crippen LogP) is 1.99. The van der Waals surface area contributed by atoms with E-state index in [0.29, 0.717) is 47.4 Å². The van der Waals surface area contributed by atoms with Crippen molar-refractivity contribution in [3.63, 3.8) is 0 Å². The van der Waals surface area contributed by atoms with Crippen LogP contribution in [0.4, 0.5) is 17.6 Å². The number of anilines is 3. The Morgan fingerprint density at radius 3 is 2.33 bits per heavy atom. The molecule has 5 rings (SSSR count). The molecule has 3 aromatic rings. The largest absolute Gasteiger partial charge is 0.493 e. The van der Waals surface area contributed by atoms with E-state index in [4.69, 9.17) is 14.2 Å². The van der Waals surface area contributed by atoms with Gasteiger partial charge >= 0.3 is 0 Å². The van der Waals surface area contributed by atoms with E-state index in [1.807, 2.05) is 23.1 Å². The summed E-state index contributed by atoms with van der Waals surface area (Å²) in [6.45, 7) is 2.77. The molecule has 11 nitrogen and oxygen atoms in total. The second kappa shape index (κ2) is 9.76. The van der Waals surface area contributed by atoms with Gasteiger partial charge in [-0.2, -0.15) is 4.98 Å². The second-order valence-electron chi connectivity index (χ2n) is 8.54. The Morgan fingerprint density at radius 1 is 0.917 bits per heavy atom. The Kier molecular flexibility index (Phi) is 6.36. The highest BCUT2D eigenvalue weighted by Crippen LogP contribution is 2.46. The summed E-state index contributed by atoms with van der Waals surface area (Å²) in [5, 5.41) is 2.79. The maximum atomic E-state index is 13.4. The summed E-state index contributed by atoms with van der Waals surface area (Å²) < 4.78 is 16.5. The van der Waals surface area contributed by atoms with Gasteiger partial charge in [0, 0.05) is 50.3 Å². The van der Waals surface area contributed by atoms with E-state index in [1.165, 1.54) is 21.3 Å². The Labute approximate surface area is 208 Å². The first-order chi connectivity index (χ1) is 17.5. The number of rotatable bonds is 6. The van der Waals surface area contributed by atoms with Gasteiger partial charge < -0.3 is 29.3 Å². The van der Waals surface area contributed by atoms with Crippen LogP contribution in [0.5, 0.6) is 17.2 Å². The molecule has 2 N–H and O–H groups in total. The number of methoxy groups -OCH3 is 3. The molecule has 0 radical (unpaired) electrons. The topological polar surface area (TPSA) is 122 Å². The molecule has 36 heavy (non-hydrogen) atoms. The Hall–Kier alpha value is -4.28. The van der Waals surface area contributed by atoms with Gasteiger partial charge in [-0.15, -0.1) is 0 Å². The number of aromatic nitrogens is 3. The van der Waals surface area contributed by atoms with Crippen LogP contribution < -0.4 is 34.9 Å². The molecular weight excluding hydrogens is 464 g/mol. The highest BCUT2D eigenvalue weighted by atomic mass is 16.5. The third kappa shape index (κ3) is 4.16. The lowest BCUT2D eigenvalue weighted by Crippen LogP contribution is -2.48. The number of carbonyl (C=O) groups is 1. The van der Waals surface area contributed by atoms with E-state index in [9.17, 15) is 9.59 Å². The highest BCUT2D eigenvalue weighted by molar-refractivity contribution is 5.94. The molecule has 2 aliphatic rings. The molecule has 1 unspecified atom stereocenters. The monoisotopic (exact) mass is 492 g/mol. The summed E-state index contributed by atoms with van der Waals surface area (Å²) in [6, 6.07) is 9.36. The normalized spacial score (nSPS) is 17.3. The van der Waals surface area contributed by atoms with Crippen LogP contribution in [0.2, 0.25) is 0 Å². The summed E-state index contributed by atoms with van der Waals surface area (Å²) in [7, 11) is 4.56. The summed E-state index contributed by atoms with van der Waals surface area (Å²) in [5.74, 6) is 2.13. The molecule has 1 amide bonds. The zero-order valence-corrected chi connectivity index (χ0v) is 20.4. The van der Waals surface area contributed by atoms with Gasteiger partial charge in [0.25, 0.3) is 5.56 Å². The molecule has 0 aliphatic carbocycles. The number of fused-ring (bicyclic) bond motifs is 1. The molecule has 1 atom stereocenters. The van der Waals surface area contributed by atoms with Gasteiger partial charge in [-0.3, -0.25) is 14.6 Å². The first kappa shape index (κ1) is 23.5. The fourth-order valence-corrected chi connectivity index (χ4v) is 4.86. The van der Waals surface area contributed by atoms with Crippen molar-refractivity contribution in [3.05, 3.63) is 58.0 Å². The van der Waals surface area contributed by atoms with Crippen molar-refractivity contribution in [1.29, 1.82) is 0 Å². The number of nitrogens with zero attached hydrogens (tertiary/aromatic N) is 4. The number of benzene rings is 1. The first-order valence-corrected chi connectivity index (χ1v) is 11.7. The molecule has 188 valence electrons. The molecule has 4 heterocycles. The fourth-order valence-electron chi connectivity index (χ4n) is 4.86. The standard InChI is InChI=1S/C25H28N6O5/c1-34-17-8-7-15(21(35-2)22(17)36-3)16-14-19(32)27-23-20(16)24(33)29-25(28-23)31-12-10-30(11-13-31)18-6-4-5-9-26-18/h4-9,16H,10-14H2,1-3H3,(H2,27,28,29,32,33). The van der Waals surface area contributed by atoms with Crippen molar-refractivity contribution in [2.24, 2.45) is 0 Å². The molecular formula is C25H28N6O5. The van der Waals surface area contributed by atoms with Crippen molar-refractivity contribution in [1.82, 2.24) is 15.0 Å². The predicted molar refractivity (Wildman–Crippen MR) is 135 cm³/mol. The number of nitrogens with one attached hydrogen (secondary N) is 2.